The Kier molecular flexibility index (Phi) is 3.12. The first-order valence-corrected chi connectivity index (χ1v) is 7.29. The van der Waals surface area contributed by atoms with E-state index in [0.717, 1.165) is 25.4 Å². The van der Waals surface area contributed by atoms with Gasteiger partial charge in [0.05, 0.1) is 0 Å². The summed E-state index contributed by atoms with van der Waals surface area (Å²) in [4.78, 5) is 15.1. The van der Waals surface area contributed by atoms with Crippen molar-refractivity contribution >= 4 is 5.78 Å². The van der Waals surface area contributed by atoms with Crippen LogP contribution < -0.4 is 0 Å². The summed E-state index contributed by atoms with van der Waals surface area (Å²) in [5.41, 5.74) is 2.64. The third kappa shape index (κ3) is 2.40. The molecule has 1 aliphatic rings. The lowest BCUT2D eigenvalue weighted by molar-refractivity contribution is 0.326. The monoisotopic (exact) mass is 279 g/mol. The molecule has 4 rings (SSSR count). The van der Waals surface area contributed by atoms with Crippen molar-refractivity contribution in [2.24, 2.45) is 0 Å². The van der Waals surface area contributed by atoms with Crippen LogP contribution in [0.2, 0.25) is 0 Å². The fourth-order valence-electron chi connectivity index (χ4n) is 3.15. The molecule has 106 valence electrons. The van der Waals surface area contributed by atoms with Gasteiger partial charge in [0, 0.05) is 55.7 Å². The lowest BCUT2D eigenvalue weighted by atomic mass is 10.0. The number of aromatic nitrogens is 4. The standard InChI is InChI=1S/C16H17N5/c1-5-17-6-2-13(1)11-20-9-4-14(12-20)15-3-7-18-16-19-8-10-21(15)16/h1-3,5-8,10,14H,4,9,11-12H2/t14-/m1/s1. The highest BCUT2D eigenvalue weighted by atomic mass is 15.2. The molecule has 5 nitrogen and oxygen atoms in total. The molecule has 1 aliphatic heterocycles. The third-order valence-corrected chi connectivity index (χ3v) is 4.18. The second-order valence-corrected chi connectivity index (χ2v) is 5.54. The molecule has 3 aromatic rings. The van der Waals surface area contributed by atoms with Crippen molar-refractivity contribution in [3.63, 3.8) is 0 Å². The van der Waals surface area contributed by atoms with Crippen LogP contribution in [0.15, 0.2) is 49.2 Å². The van der Waals surface area contributed by atoms with Crippen LogP contribution >= 0.6 is 0 Å². The Morgan fingerprint density at radius 3 is 2.81 bits per heavy atom. The summed E-state index contributed by atoms with van der Waals surface area (Å²) in [7, 11) is 0. The zero-order valence-electron chi connectivity index (χ0n) is 11.8. The van der Waals surface area contributed by atoms with E-state index in [-0.39, 0.29) is 0 Å². The number of pyridine rings is 1. The van der Waals surface area contributed by atoms with Crippen molar-refractivity contribution < 1.29 is 0 Å². The number of hydrogen-bond acceptors (Lipinski definition) is 4. The molecule has 0 aliphatic carbocycles. The molecular formula is C16H17N5. The fraction of sp³-hybridized carbons (Fsp3) is 0.312. The van der Waals surface area contributed by atoms with Crippen LogP contribution in [-0.2, 0) is 6.54 Å². The summed E-state index contributed by atoms with van der Waals surface area (Å²) in [5.74, 6) is 1.34. The summed E-state index contributed by atoms with van der Waals surface area (Å²) in [6.45, 7) is 3.21. The maximum absolute atomic E-state index is 4.29. The van der Waals surface area contributed by atoms with E-state index in [1.165, 1.54) is 17.7 Å². The van der Waals surface area contributed by atoms with Gasteiger partial charge < -0.3 is 0 Å². The van der Waals surface area contributed by atoms with Crippen molar-refractivity contribution in [2.75, 3.05) is 13.1 Å². The molecule has 0 spiro atoms. The number of likely N-dealkylation sites (tertiary alicyclic amines) is 1. The summed E-state index contributed by atoms with van der Waals surface area (Å²) in [6, 6.07) is 6.30. The lowest BCUT2D eigenvalue weighted by Gasteiger charge is -2.16. The van der Waals surface area contributed by atoms with E-state index in [1.807, 2.05) is 31.0 Å². The number of rotatable bonds is 3. The van der Waals surface area contributed by atoms with E-state index in [2.05, 4.69) is 42.5 Å². The minimum Gasteiger partial charge on any atom is -0.298 e. The van der Waals surface area contributed by atoms with Crippen molar-refractivity contribution in [3.8, 4) is 0 Å². The summed E-state index contributed by atoms with van der Waals surface area (Å²) in [6.07, 6.45) is 10.6. The van der Waals surface area contributed by atoms with Gasteiger partial charge in [-0.2, -0.15) is 0 Å². The van der Waals surface area contributed by atoms with Crippen molar-refractivity contribution in [2.45, 2.75) is 18.9 Å². The predicted molar refractivity (Wildman–Crippen MR) is 79.9 cm³/mol. The Morgan fingerprint density at radius 2 is 1.90 bits per heavy atom. The second kappa shape index (κ2) is 5.26. The zero-order valence-corrected chi connectivity index (χ0v) is 11.8. The first-order chi connectivity index (χ1) is 10.4. The van der Waals surface area contributed by atoms with Crippen LogP contribution in [0.25, 0.3) is 5.78 Å². The highest BCUT2D eigenvalue weighted by Crippen LogP contribution is 2.28. The molecule has 0 amide bonds. The average molecular weight is 279 g/mol. The fourth-order valence-corrected chi connectivity index (χ4v) is 3.15. The van der Waals surface area contributed by atoms with Gasteiger partial charge in [-0.25, -0.2) is 9.97 Å². The number of fused-ring (bicyclic) bond motifs is 1. The molecule has 1 fully saturated rings. The summed E-state index contributed by atoms with van der Waals surface area (Å²) >= 11 is 0. The van der Waals surface area contributed by atoms with Gasteiger partial charge in [0.1, 0.15) is 0 Å². The van der Waals surface area contributed by atoms with Crippen LogP contribution in [0.1, 0.15) is 23.6 Å². The van der Waals surface area contributed by atoms with E-state index in [4.69, 9.17) is 0 Å². The first-order valence-electron chi connectivity index (χ1n) is 7.29. The van der Waals surface area contributed by atoms with Crippen molar-refractivity contribution in [1.82, 2.24) is 24.3 Å². The Hall–Kier alpha value is -2.27. The minimum atomic E-state index is 0.548. The van der Waals surface area contributed by atoms with Gasteiger partial charge in [0.2, 0.25) is 5.78 Å². The van der Waals surface area contributed by atoms with Crippen LogP contribution in [0.3, 0.4) is 0 Å². The topological polar surface area (TPSA) is 46.3 Å². The maximum Gasteiger partial charge on any atom is 0.233 e. The highest BCUT2D eigenvalue weighted by molar-refractivity contribution is 5.31. The minimum absolute atomic E-state index is 0.548. The number of hydrogen-bond donors (Lipinski definition) is 0. The Bertz CT molecular complexity index is 737. The van der Waals surface area contributed by atoms with Gasteiger partial charge in [-0.3, -0.25) is 14.3 Å². The van der Waals surface area contributed by atoms with Crippen LogP contribution in [0.4, 0.5) is 0 Å². The normalized spacial score (nSPS) is 19.3. The van der Waals surface area contributed by atoms with E-state index < -0.39 is 0 Å². The number of imidazole rings is 1. The number of nitrogens with zero attached hydrogens (tertiary/aromatic N) is 5. The lowest BCUT2D eigenvalue weighted by Crippen LogP contribution is -2.20. The highest BCUT2D eigenvalue weighted by Gasteiger charge is 2.25. The van der Waals surface area contributed by atoms with Gasteiger partial charge in [0.25, 0.3) is 0 Å². The van der Waals surface area contributed by atoms with E-state index in [1.54, 1.807) is 0 Å². The molecule has 1 atom stereocenters. The SMILES string of the molecule is c1cc(CN2CC[C@@H](c3ccnc4nccn34)C2)ccn1. The molecule has 1 saturated heterocycles. The van der Waals surface area contributed by atoms with E-state index >= 15 is 0 Å². The van der Waals surface area contributed by atoms with Gasteiger partial charge in [-0.1, -0.05) is 0 Å². The average Bonchev–Trinajstić information content (AvgIpc) is 3.16. The zero-order chi connectivity index (χ0) is 14.1. The molecule has 0 aromatic carbocycles. The molecule has 4 heterocycles. The molecule has 0 unspecified atom stereocenters. The Balaban J connectivity index is 1.52. The van der Waals surface area contributed by atoms with Crippen molar-refractivity contribution in [3.05, 3.63) is 60.4 Å². The summed E-state index contributed by atoms with van der Waals surface area (Å²) in [5, 5.41) is 0. The quantitative estimate of drug-likeness (QED) is 0.736. The van der Waals surface area contributed by atoms with E-state index in [0.29, 0.717) is 5.92 Å². The van der Waals surface area contributed by atoms with Gasteiger partial charge >= 0.3 is 0 Å². The van der Waals surface area contributed by atoms with E-state index in [9.17, 15) is 0 Å². The molecule has 0 bridgehead atoms. The molecule has 5 heteroatoms. The molecule has 0 radical (unpaired) electrons. The van der Waals surface area contributed by atoms with Crippen molar-refractivity contribution in [1.29, 1.82) is 0 Å². The van der Waals surface area contributed by atoms with Crippen LogP contribution in [-0.4, -0.2) is 37.3 Å². The van der Waals surface area contributed by atoms with Gasteiger partial charge in [-0.05, 0) is 36.7 Å². The predicted octanol–water partition coefficient (Wildman–Crippen LogP) is 2.11. The third-order valence-electron chi connectivity index (χ3n) is 4.18. The largest absolute Gasteiger partial charge is 0.298 e. The molecule has 0 N–H and O–H groups in total. The van der Waals surface area contributed by atoms with Gasteiger partial charge in [0.15, 0.2) is 0 Å². The van der Waals surface area contributed by atoms with Crippen LogP contribution in [0.5, 0.6) is 0 Å². The molecular weight excluding hydrogens is 262 g/mol. The maximum atomic E-state index is 4.29. The molecule has 0 saturated carbocycles. The first kappa shape index (κ1) is 12.5. The Labute approximate surface area is 123 Å². The van der Waals surface area contributed by atoms with Gasteiger partial charge in [-0.15, -0.1) is 0 Å². The Morgan fingerprint density at radius 1 is 1.05 bits per heavy atom. The van der Waals surface area contributed by atoms with Crippen LogP contribution in [0, 0.1) is 0 Å². The second-order valence-electron chi connectivity index (χ2n) is 5.54. The summed E-state index contributed by atoms with van der Waals surface area (Å²) < 4.78 is 2.11. The molecule has 3 aromatic heterocycles. The molecule has 21 heavy (non-hydrogen) atoms. The smallest absolute Gasteiger partial charge is 0.233 e.